The standard InChI is InChI=1S/C4H7.CH3.V/c1-3-4-2;;/h3H,1-2H3;1H3;/q2*-1;+2. The van der Waals surface area contributed by atoms with Gasteiger partial charge < -0.3 is 13.5 Å². The van der Waals surface area contributed by atoms with Gasteiger partial charge in [0.2, 0.25) is 0 Å². The average molecular weight is 121 g/mol. The predicted molar refractivity (Wildman–Crippen MR) is 25.6 cm³/mol. The fourth-order valence-electron chi connectivity index (χ4n) is 0. The third-order valence-corrected chi connectivity index (χ3v) is 0.289. The number of allylic oxidation sites excluding steroid dienone is 2. The first-order valence-corrected chi connectivity index (χ1v) is 1.37. The quantitative estimate of drug-likeness (QED) is 0.429. The summed E-state index contributed by atoms with van der Waals surface area (Å²) >= 11 is 0. The zero-order valence-corrected chi connectivity index (χ0v) is 5.92. The molecule has 0 fully saturated rings. The van der Waals surface area contributed by atoms with E-state index < -0.39 is 0 Å². The van der Waals surface area contributed by atoms with E-state index in [1.165, 1.54) is 0 Å². The van der Waals surface area contributed by atoms with E-state index >= 15 is 0 Å². The van der Waals surface area contributed by atoms with Crippen LogP contribution >= 0.6 is 0 Å². The molecule has 0 atom stereocenters. The molecule has 0 rings (SSSR count). The van der Waals surface area contributed by atoms with E-state index in [0.717, 1.165) is 0 Å². The van der Waals surface area contributed by atoms with Crippen LogP contribution in [-0.2, 0) is 18.6 Å². The Bertz CT molecular complexity index is 19.1. The SMILES string of the molecule is C[C-]=CC.[CH3-].[V+2]. The summed E-state index contributed by atoms with van der Waals surface area (Å²) in [7, 11) is 0. The maximum atomic E-state index is 2.81. The van der Waals surface area contributed by atoms with E-state index in [4.69, 9.17) is 0 Å². The van der Waals surface area contributed by atoms with Crippen LogP contribution in [0, 0.1) is 13.5 Å². The molecule has 1 heteroatoms. The fourth-order valence-corrected chi connectivity index (χ4v) is 0. The van der Waals surface area contributed by atoms with Crippen molar-refractivity contribution in [3.63, 3.8) is 0 Å². The van der Waals surface area contributed by atoms with Gasteiger partial charge in [-0.1, -0.05) is 6.92 Å². The smallest absolute Gasteiger partial charge is 0.504 e. The van der Waals surface area contributed by atoms with Gasteiger partial charge in [-0.25, -0.2) is 0 Å². The Morgan fingerprint density at radius 3 is 1.67 bits per heavy atom. The summed E-state index contributed by atoms with van der Waals surface area (Å²) in [6, 6.07) is 0. The first-order valence-electron chi connectivity index (χ1n) is 1.37. The molecule has 0 aromatic heterocycles. The van der Waals surface area contributed by atoms with Crippen LogP contribution in [0.5, 0.6) is 0 Å². The topological polar surface area (TPSA) is 0 Å². The van der Waals surface area contributed by atoms with Crippen molar-refractivity contribution in [2.75, 3.05) is 0 Å². The molecule has 0 amide bonds. The van der Waals surface area contributed by atoms with Crippen LogP contribution in [0.25, 0.3) is 0 Å². The second kappa shape index (κ2) is 18.4. The molecule has 0 aliphatic rings. The van der Waals surface area contributed by atoms with Gasteiger partial charge in [-0.15, -0.1) is 0 Å². The van der Waals surface area contributed by atoms with Crippen molar-refractivity contribution in [3.05, 3.63) is 19.6 Å². The zero-order valence-electron chi connectivity index (χ0n) is 4.52. The first-order chi connectivity index (χ1) is 1.91. The molecule has 0 spiro atoms. The van der Waals surface area contributed by atoms with Crippen molar-refractivity contribution in [2.45, 2.75) is 13.8 Å². The normalized spacial score (nSPS) is 6.33. The molecule has 35 valence electrons. The summed E-state index contributed by atoms with van der Waals surface area (Å²) in [5.74, 6) is 0. The Morgan fingerprint density at radius 2 is 1.67 bits per heavy atom. The van der Waals surface area contributed by atoms with E-state index in [1.54, 1.807) is 0 Å². The maximum Gasteiger partial charge on any atom is 2.00 e. The van der Waals surface area contributed by atoms with Crippen molar-refractivity contribution in [1.82, 2.24) is 0 Å². The van der Waals surface area contributed by atoms with E-state index in [1.807, 2.05) is 19.9 Å². The Labute approximate surface area is 52.5 Å². The Morgan fingerprint density at radius 1 is 1.50 bits per heavy atom. The Balaban J connectivity index is -0.0000000450. The molecular weight excluding hydrogens is 111 g/mol. The summed E-state index contributed by atoms with van der Waals surface area (Å²) in [6.07, 6.45) is 4.68. The van der Waals surface area contributed by atoms with Gasteiger partial charge in [-0.2, -0.15) is 6.92 Å². The summed E-state index contributed by atoms with van der Waals surface area (Å²) in [5, 5.41) is 0. The van der Waals surface area contributed by atoms with Crippen molar-refractivity contribution in [1.29, 1.82) is 0 Å². The molecule has 0 aromatic carbocycles. The molecule has 0 nitrogen and oxygen atoms in total. The summed E-state index contributed by atoms with van der Waals surface area (Å²) in [5.41, 5.74) is 0. The van der Waals surface area contributed by atoms with Crippen LogP contribution in [0.4, 0.5) is 0 Å². The van der Waals surface area contributed by atoms with Crippen molar-refractivity contribution < 1.29 is 18.6 Å². The molecule has 0 aromatic rings. The maximum absolute atomic E-state index is 2.81. The van der Waals surface area contributed by atoms with Crippen molar-refractivity contribution >= 4 is 0 Å². The molecule has 6 heavy (non-hydrogen) atoms. The molecular formula is C5H10V. The summed E-state index contributed by atoms with van der Waals surface area (Å²) in [4.78, 5) is 0. The van der Waals surface area contributed by atoms with E-state index in [9.17, 15) is 0 Å². The Kier molecular flexibility index (Phi) is 49.8. The predicted octanol–water partition coefficient (Wildman–Crippen LogP) is 1.83. The minimum absolute atomic E-state index is 0. The number of hydrogen-bond acceptors (Lipinski definition) is 0. The summed E-state index contributed by atoms with van der Waals surface area (Å²) < 4.78 is 0. The third kappa shape index (κ3) is 27.2. The van der Waals surface area contributed by atoms with Crippen LogP contribution in [0.15, 0.2) is 6.08 Å². The van der Waals surface area contributed by atoms with E-state index in [-0.39, 0.29) is 26.0 Å². The molecule has 0 saturated heterocycles. The monoisotopic (exact) mass is 121 g/mol. The third-order valence-electron chi connectivity index (χ3n) is 0.289. The zero-order chi connectivity index (χ0) is 3.41. The Hall–Kier alpha value is 0.324. The van der Waals surface area contributed by atoms with Crippen LogP contribution in [0.2, 0.25) is 0 Å². The molecule has 0 saturated carbocycles. The number of hydrogen-bond donors (Lipinski definition) is 0. The van der Waals surface area contributed by atoms with E-state index in [2.05, 4.69) is 6.08 Å². The molecule has 0 unspecified atom stereocenters. The van der Waals surface area contributed by atoms with Gasteiger partial charge in [0.05, 0.1) is 0 Å². The minimum atomic E-state index is 0. The van der Waals surface area contributed by atoms with Gasteiger partial charge in [0.1, 0.15) is 0 Å². The van der Waals surface area contributed by atoms with E-state index in [0.29, 0.717) is 0 Å². The first kappa shape index (κ1) is 16.2. The van der Waals surface area contributed by atoms with Gasteiger partial charge in [0.25, 0.3) is 0 Å². The van der Waals surface area contributed by atoms with Crippen LogP contribution in [0.3, 0.4) is 0 Å². The van der Waals surface area contributed by atoms with Gasteiger partial charge in [0, 0.05) is 0 Å². The van der Waals surface area contributed by atoms with Gasteiger partial charge in [-0.05, 0) is 0 Å². The van der Waals surface area contributed by atoms with Crippen molar-refractivity contribution in [2.24, 2.45) is 0 Å². The van der Waals surface area contributed by atoms with Gasteiger partial charge in [0.15, 0.2) is 0 Å². The minimum Gasteiger partial charge on any atom is -0.504 e. The second-order valence-corrected chi connectivity index (χ2v) is 0.577. The molecule has 0 aliphatic heterocycles. The summed E-state index contributed by atoms with van der Waals surface area (Å²) in [6.45, 7) is 3.82. The second-order valence-electron chi connectivity index (χ2n) is 0.577. The molecule has 1 radical (unpaired) electrons. The molecule has 0 heterocycles. The van der Waals surface area contributed by atoms with Gasteiger partial charge >= 0.3 is 18.6 Å². The number of rotatable bonds is 0. The van der Waals surface area contributed by atoms with Crippen LogP contribution in [-0.4, -0.2) is 0 Å². The molecule has 0 N–H and O–H groups in total. The van der Waals surface area contributed by atoms with Crippen molar-refractivity contribution in [3.8, 4) is 0 Å². The average Bonchev–Trinajstić information content (AvgIpc) is 1.37. The fraction of sp³-hybridized carbons (Fsp3) is 0.400. The van der Waals surface area contributed by atoms with Crippen LogP contribution in [0.1, 0.15) is 13.8 Å². The molecule has 0 bridgehead atoms. The molecule has 0 aliphatic carbocycles. The largest absolute Gasteiger partial charge is 2.00 e. The van der Waals surface area contributed by atoms with Crippen LogP contribution < -0.4 is 0 Å². The van der Waals surface area contributed by atoms with Gasteiger partial charge in [-0.3, -0.25) is 6.08 Å².